The average molecular weight is 392 g/mol. The molecule has 0 radical (unpaired) electrons. The van der Waals surface area contributed by atoms with Gasteiger partial charge in [-0.25, -0.2) is 9.78 Å². The van der Waals surface area contributed by atoms with Crippen LogP contribution in [-0.4, -0.2) is 43.3 Å². The number of aromatic nitrogens is 2. The van der Waals surface area contributed by atoms with E-state index in [4.69, 9.17) is 13.9 Å². The number of thiophene rings is 1. The molecule has 0 aliphatic carbocycles. The van der Waals surface area contributed by atoms with Crippen LogP contribution in [0.4, 0.5) is 0 Å². The Labute approximate surface area is 159 Å². The van der Waals surface area contributed by atoms with Crippen molar-refractivity contribution in [3.63, 3.8) is 0 Å². The molecule has 3 aromatic rings. The first-order chi connectivity index (χ1) is 13.0. The molecule has 0 fully saturated rings. The van der Waals surface area contributed by atoms with E-state index in [0.29, 0.717) is 46.2 Å². The predicted octanol–water partition coefficient (Wildman–Crippen LogP) is 0.904. The molecule has 1 unspecified atom stereocenters. The highest BCUT2D eigenvalue weighted by atomic mass is 32.1. The molecule has 0 bridgehead atoms. The SMILES string of the molecule is COCCOC(=O)c1sc2nc(C[NH+](C)Cc3ccco3)[nH]c(=O)c2c1C. The molecular weight excluding hydrogens is 370 g/mol. The van der Waals surface area contributed by atoms with E-state index in [1.165, 1.54) is 18.4 Å². The monoisotopic (exact) mass is 392 g/mol. The van der Waals surface area contributed by atoms with E-state index in [9.17, 15) is 9.59 Å². The molecule has 144 valence electrons. The Morgan fingerprint density at radius 1 is 1.37 bits per heavy atom. The molecule has 8 nitrogen and oxygen atoms in total. The zero-order chi connectivity index (χ0) is 19.4. The van der Waals surface area contributed by atoms with Gasteiger partial charge in [0.1, 0.15) is 29.4 Å². The summed E-state index contributed by atoms with van der Waals surface area (Å²) in [6.45, 7) is 3.42. The number of nitrogens with zero attached hydrogens (tertiary/aromatic N) is 1. The van der Waals surface area contributed by atoms with Crippen molar-refractivity contribution in [3.05, 3.63) is 50.8 Å². The minimum atomic E-state index is -0.464. The molecule has 0 saturated carbocycles. The molecule has 3 rings (SSSR count). The molecule has 3 heterocycles. The van der Waals surface area contributed by atoms with E-state index < -0.39 is 5.97 Å². The summed E-state index contributed by atoms with van der Waals surface area (Å²) in [4.78, 5) is 34.2. The molecule has 0 aliphatic heterocycles. The van der Waals surface area contributed by atoms with Crippen LogP contribution in [0.2, 0.25) is 0 Å². The molecule has 2 N–H and O–H groups in total. The number of furan rings is 1. The van der Waals surface area contributed by atoms with Crippen molar-refractivity contribution in [1.29, 1.82) is 0 Å². The Hall–Kier alpha value is -2.49. The minimum absolute atomic E-state index is 0.166. The second kappa shape index (κ2) is 8.47. The first kappa shape index (κ1) is 19.3. The summed E-state index contributed by atoms with van der Waals surface area (Å²) in [5.74, 6) is 0.968. The van der Waals surface area contributed by atoms with Crippen molar-refractivity contribution in [2.75, 3.05) is 27.4 Å². The zero-order valence-electron chi connectivity index (χ0n) is 15.5. The third kappa shape index (κ3) is 4.44. The number of fused-ring (bicyclic) bond motifs is 1. The summed E-state index contributed by atoms with van der Waals surface area (Å²) in [5, 5.41) is 0.436. The molecule has 0 amide bonds. The maximum Gasteiger partial charge on any atom is 0.348 e. The number of aromatic amines is 1. The maximum absolute atomic E-state index is 12.5. The summed E-state index contributed by atoms with van der Waals surface area (Å²) >= 11 is 1.18. The number of nitrogens with one attached hydrogen (secondary N) is 2. The molecular formula is C18H22N3O5S+. The van der Waals surface area contributed by atoms with Gasteiger partial charge in [-0.3, -0.25) is 4.79 Å². The quantitative estimate of drug-likeness (QED) is 0.437. The van der Waals surface area contributed by atoms with Crippen LogP contribution in [0.25, 0.3) is 10.2 Å². The van der Waals surface area contributed by atoms with E-state index in [0.717, 1.165) is 10.7 Å². The highest BCUT2D eigenvalue weighted by molar-refractivity contribution is 7.20. The number of ether oxygens (including phenoxy) is 2. The van der Waals surface area contributed by atoms with E-state index in [1.54, 1.807) is 13.2 Å². The van der Waals surface area contributed by atoms with E-state index in [1.807, 2.05) is 19.2 Å². The van der Waals surface area contributed by atoms with Crippen molar-refractivity contribution in [2.45, 2.75) is 20.0 Å². The molecule has 3 aromatic heterocycles. The van der Waals surface area contributed by atoms with Crippen molar-refractivity contribution >= 4 is 27.5 Å². The number of methoxy groups -OCH3 is 1. The fourth-order valence-corrected chi connectivity index (χ4v) is 3.90. The van der Waals surface area contributed by atoms with Crippen LogP contribution in [0.3, 0.4) is 0 Å². The van der Waals surface area contributed by atoms with Gasteiger partial charge in [0.25, 0.3) is 5.56 Å². The van der Waals surface area contributed by atoms with Gasteiger partial charge in [-0.05, 0) is 24.6 Å². The van der Waals surface area contributed by atoms with Gasteiger partial charge in [0.2, 0.25) is 0 Å². The van der Waals surface area contributed by atoms with Crippen LogP contribution < -0.4 is 10.5 Å². The smallest absolute Gasteiger partial charge is 0.348 e. The van der Waals surface area contributed by atoms with E-state index in [2.05, 4.69) is 9.97 Å². The number of rotatable bonds is 8. The third-order valence-corrected chi connectivity index (χ3v) is 5.25. The van der Waals surface area contributed by atoms with Crippen molar-refractivity contribution < 1.29 is 23.6 Å². The van der Waals surface area contributed by atoms with Crippen LogP contribution in [0, 0.1) is 6.92 Å². The van der Waals surface area contributed by atoms with Crippen molar-refractivity contribution in [3.8, 4) is 0 Å². The number of carbonyl (C=O) groups is 1. The molecule has 0 spiro atoms. The Bertz CT molecular complexity index is 977. The van der Waals surface area contributed by atoms with Gasteiger partial charge in [-0.1, -0.05) is 0 Å². The first-order valence-corrected chi connectivity index (χ1v) is 9.33. The summed E-state index contributed by atoms with van der Waals surface area (Å²) in [6.07, 6.45) is 1.64. The Morgan fingerprint density at radius 2 is 2.19 bits per heavy atom. The highest BCUT2D eigenvalue weighted by Gasteiger charge is 2.21. The second-order valence-electron chi connectivity index (χ2n) is 6.27. The lowest BCUT2D eigenvalue weighted by Gasteiger charge is -2.11. The van der Waals surface area contributed by atoms with Gasteiger partial charge >= 0.3 is 5.97 Å². The van der Waals surface area contributed by atoms with E-state index >= 15 is 0 Å². The van der Waals surface area contributed by atoms with Crippen LogP contribution in [-0.2, 0) is 22.6 Å². The molecule has 0 saturated heterocycles. The zero-order valence-corrected chi connectivity index (χ0v) is 16.3. The maximum atomic E-state index is 12.5. The summed E-state index contributed by atoms with van der Waals surface area (Å²) in [6, 6.07) is 3.75. The first-order valence-electron chi connectivity index (χ1n) is 8.51. The number of quaternary nitrogens is 1. The summed E-state index contributed by atoms with van der Waals surface area (Å²) < 4.78 is 15.4. The number of hydrogen-bond donors (Lipinski definition) is 2. The summed E-state index contributed by atoms with van der Waals surface area (Å²) in [7, 11) is 3.53. The van der Waals surface area contributed by atoms with Gasteiger partial charge in [0.15, 0.2) is 11.6 Å². The molecule has 9 heteroatoms. The topological polar surface area (TPSA) is 98.9 Å². The standard InChI is InChI=1S/C18H21N3O5S/c1-11-14-16(22)19-13(10-21(2)9-12-5-4-6-25-12)20-17(14)27-15(11)18(23)26-8-7-24-3/h4-6H,7-10H2,1-3H3,(H,19,20,22)/p+1. The van der Waals surface area contributed by atoms with Crippen LogP contribution in [0.5, 0.6) is 0 Å². The van der Waals surface area contributed by atoms with Crippen LogP contribution in [0.15, 0.2) is 27.6 Å². The Morgan fingerprint density at radius 3 is 2.89 bits per heavy atom. The van der Waals surface area contributed by atoms with Gasteiger partial charge in [-0.15, -0.1) is 11.3 Å². The number of carbonyl (C=O) groups excluding carboxylic acids is 1. The molecule has 1 atom stereocenters. The van der Waals surface area contributed by atoms with Crippen LogP contribution in [0.1, 0.15) is 26.8 Å². The lowest BCUT2D eigenvalue weighted by molar-refractivity contribution is -0.909. The number of aryl methyl sites for hydroxylation is 1. The largest absolute Gasteiger partial charge is 0.463 e. The Balaban J connectivity index is 1.81. The molecule has 0 aromatic carbocycles. The number of H-pyrrole nitrogens is 1. The summed E-state index contributed by atoms with van der Waals surface area (Å²) in [5.41, 5.74) is 0.347. The highest BCUT2D eigenvalue weighted by Crippen LogP contribution is 2.27. The van der Waals surface area contributed by atoms with Gasteiger partial charge in [-0.2, -0.15) is 0 Å². The van der Waals surface area contributed by atoms with Gasteiger partial charge in [0.05, 0.1) is 25.3 Å². The van der Waals surface area contributed by atoms with Gasteiger partial charge in [0, 0.05) is 7.11 Å². The fourth-order valence-electron chi connectivity index (χ4n) is 2.81. The molecule has 0 aliphatic rings. The van der Waals surface area contributed by atoms with Crippen LogP contribution >= 0.6 is 11.3 Å². The number of esters is 1. The minimum Gasteiger partial charge on any atom is -0.463 e. The third-order valence-electron chi connectivity index (χ3n) is 4.08. The fraction of sp³-hybridized carbons (Fsp3) is 0.389. The lowest BCUT2D eigenvalue weighted by atomic mass is 10.2. The Kier molecular flexibility index (Phi) is 6.04. The predicted molar refractivity (Wildman–Crippen MR) is 100 cm³/mol. The number of hydrogen-bond acceptors (Lipinski definition) is 7. The van der Waals surface area contributed by atoms with Gasteiger partial charge < -0.3 is 23.8 Å². The van der Waals surface area contributed by atoms with Crippen molar-refractivity contribution in [2.24, 2.45) is 0 Å². The second-order valence-corrected chi connectivity index (χ2v) is 7.27. The normalized spacial score (nSPS) is 12.4. The average Bonchev–Trinajstić information content (AvgIpc) is 3.23. The van der Waals surface area contributed by atoms with Crippen molar-refractivity contribution in [1.82, 2.24) is 9.97 Å². The van der Waals surface area contributed by atoms with E-state index in [-0.39, 0.29) is 12.2 Å². The molecule has 27 heavy (non-hydrogen) atoms. The lowest BCUT2D eigenvalue weighted by Crippen LogP contribution is -3.06.